The van der Waals surface area contributed by atoms with Crippen LogP contribution in [0.3, 0.4) is 0 Å². The van der Waals surface area contributed by atoms with Crippen LogP contribution in [0.2, 0.25) is 0 Å². The quantitative estimate of drug-likeness (QED) is 0.452. The van der Waals surface area contributed by atoms with E-state index in [-0.39, 0.29) is 5.56 Å². The number of carbonyl (C=O) groups excluding carboxylic acids is 3. The summed E-state index contributed by atoms with van der Waals surface area (Å²) in [6, 6.07) is 13.8. The molecule has 2 amide bonds. The maximum atomic E-state index is 12.9. The van der Waals surface area contributed by atoms with Crippen LogP contribution >= 0.6 is 0 Å². The number of Topliss-reactive ketones (excluding diaryl/α,β-unsaturated/α-hetero) is 1. The molecule has 0 saturated carbocycles. The lowest BCUT2D eigenvalue weighted by molar-refractivity contribution is -0.143. The van der Waals surface area contributed by atoms with E-state index in [2.05, 4.69) is 17.2 Å². The second-order valence-electron chi connectivity index (χ2n) is 7.47. The molecule has 0 aliphatic heterocycles. The summed E-state index contributed by atoms with van der Waals surface area (Å²) >= 11 is 0. The number of benzene rings is 2. The van der Waals surface area contributed by atoms with E-state index in [4.69, 9.17) is 0 Å². The lowest BCUT2D eigenvalue weighted by Gasteiger charge is -2.35. The molecule has 0 aliphatic rings. The van der Waals surface area contributed by atoms with E-state index in [9.17, 15) is 24.6 Å². The van der Waals surface area contributed by atoms with Gasteiger partial charge in [-0.3, -0.25) is 14.4 Å². The number of aliphatic hydroxyl groups excluding tert-OH is 2. The van der Waals surface area contributed by atoms with E-state index in [0.29, 0.717) is 12.0 Å². The summed E-state index contributed by atoms with van der Waals surface area (Å²) in [6.07, 6.45) is 0.153. The van der Waals surface area contributed by atoms with Crippen molar-refractivity contribution in [2.45, 2.75) is 31.9 Å². The monoisotopic (exact) mass is 436 g/mol. The van der Waals surface area contributed by atoms with Gasteiger partial charge in [-0.05, 0) is 55.3 Å². The fourth-order valence-corrected chi connectivity index (χ4v) is 3.12. The number of carbonyl (C=O) groups is 3. The standard InChI is InChI=1S/C25H28N2O5/c1-5-21(29)19-12-8-17(9-13-19)6-7-18-10-14-20(15-11-18)23(31)27(4)25(2,22(30)16-28)24(32)26-3/h8-15,21,28-29H,5,16H2,1-4H3,(H,26,32)/t21-,25-/m1/s1. The van der Waals surface area contributed by atoms with Gasteiger partial charge in [-0.1, -0.05) is 30.9 Å². The summed E-state index contributed by atoms with van der Waals surface area (Å²) in [5, 5.41) is 21.5. The van der Waals surface area contributed by atoms with Gasteiger partial charge in [0.25, 0.3) is 11.8 Å². The van der Waals surface area contributed by atoms with E-state index in [1.807, 2.05) is 31.2 Å². The number of hydrogen-bond acceptors (Lipinski definition) is 5. The topological polar surface area (TPSA) is 107 Å². The number of hydrogen-bond donors (Lipinski definition) is 3. The Morgan fingerprint density at radius 1 is 1.03 bits per heavy atom. The van der Waals surface area contributed by atoms with Gasteiger partial charge in [-0.15, -0.1) is 0 Å². The molecule has 0 spiro atoms. The van der Waals surface area contributed by atoms with Crippen LogP contribution in [0.25, 0.3) is 0 Å². The highest BCUT2D eigenvalue weighted by Gasteiger charge is 2.46. The molecular formula is C25H28N2O5. The van der Waals surface area contributed by atoms with Gasteiger partial charge in [0.1, 0.15) is 6.61 Å². The minimum absolute atomic E-state index is 0.275. The number of nitrogens with one attached hydrogen (secondary N) is 1. The zero-order valence-corrected chi connectivity index (χ0v) is 18.7. The Hall–Kier alpha value is -3.47. The number of nitrogens with zero attached hydrogens (tertiary/aromatic N) is 1. The first-order valence-corrected chi connectivity index (χ1v) is 10.2. The van der Waals surface area contributed by atoms with Crippen molar-refractivity contribution in [2.24, 2.45) is 0 Å². The molecule has 2 aromatic carbocycles. The van der Waals surface area contributed by atoms with Gasteiger partial charge in [0.15, 0.2) is 11.3 Å². The van der Waals surface area contributed by atoms with E-state index in [1.54, 1.807) is 24.3 Å². The van der Waals surface area contributed by atoms with Gasteiger partial charge in [0.05, 0.1) is 6.10 Å². The Bertz CT molecular complexity index is 1020. The minimum atomic E-state index is -1.84. The highest BCUT2D eigenvalue weighted by Crippen LogP contribution is 2.19. The molecule has 2 aromatic rings. The molecule has 2 atom stereocenters. The second kappa shape index (κ2) is 10.7. The predicted octanol–water partition coefficient (Wildman–Crippen LogP) is 1.67. The third kappa shape index (κ3) is 5.22. The third-order valence-corrected chi connectivity index (χ3v) is 5.50. The molecule has 0 radical (unpaired) electrons. The predicted molar refractivity (Wildman–Crippen MR) is 121 cm³/mol. The molecule has 0 unspecified atom stereocenters. The lowest BCUT2D eigenvalue weighted by Crippen LogP contribution is -2.62. The number of aliphatic hydroxyl groups is 2. The Morgan fingerprint density at radius 3 is 1.97 bits per heavy atom. The molecule has 7 nitrogen and oxygen atoms in total. The molecule has 0 bridgehead atoms. The molecule has 32 heavy (non-hydrogen) atoms. The Morgan fingerprint density at radius 2 is 1.53 bits per heavy atom. The average Bonchev–Trinajstić information content (AvgIpc) is 2.85. The zero-order chi connectivity index (χ0) is 23.9. The summed E-state index contributed by atoms with van der Waals surface area (Å²) in [4.78, 5) is 38.4. The van der Waals surface area contributed by atoms with Crippen molar-refractivity contribution in [3.8, 4) is 11.8 Å². The summed E-state index contributed by atoms with van der Waals surface area (Å²) in [6.45, 7) is 2.34. The van der Waals surface area contributed by atoms with Crippen LogP contribution in [-0.4, -0.2) is 59.0 Å². The average molecular weight is 437 g/mol. The van der Waals surface area contributed by atoms with Gasteiger partial charge < -0.3 is 20.4 Å². The molecule has 168 valence electrons. The minimum Gasteiger partial charge on any atom is -0.388 e. The molecule has 0 aromatic heterocycles. The van der Waals surface area contributed by atoms with Crippen molar-refractivity contribution < 1.29 is 24.6 Å². The molecule has 0 heterocycles. The SMILES string of the molecule is CC[C@@H](O)c1ccc(C#Cc2ccc(C(=O)N(C)[C@](C)(C(=O)CO)C(=O)NC)cc2)cc1. The highest BCUT2D eigenvalue weighted by molar-refractivity contribution is 6.14. The third-order valence-electron chi connectivity index (χ3n) is 5.50. The van der Waals surface area contributed by atoms with Crippen LogP contribution in [0, 0.1) is 11.8 Å². The van der Waals surface area contributed by atoms with Crippen molar-refractivity contribution in [2.75, 3.05) is 20.7 Å². The van der Waals surface area contributed by atoms with E-state index in [1.165, 1.54) is 21.0 Å². The Kier molecular flexibility index (Phi) is 8.30. The first-order chi connectivity index (χ1) is 15.2. The zero-order valence-electron chi connectivity index (χ0n) is 18.7. The van der Waals surface area contributed by atoms with Gasteiger partial charge in [-0.2, -0.15) is 0 Å². The Balaban J connectivity index is 2.20. The van der Waals surface area contributed by atoms with Crippen molar-refractivity contribution >= 4 is 17.6 Å². The Labute approximate surface area is 188 Å². The van der Waals surface area contributed by atoms with E-state index < -0.39 is 35.8 Å². The first-order valence-electron chi connectivity index (χ1n) is 10.2. The number of rotatable bonds is 7. The number of amides is 2. The summed E-state index contributed by atoms with van der Waals surface area (Å²) in [5.74, 6) is 4.04. The van der Waals surface area contributed by atoms with Crippen molar-refractivity contribution in [3.05, 3.63) is 70.8 Å². The van der Waals surface area contributed by atoms with Crippen molar-refractivity contribution in [1.82, 2.24) is 10.2 Å². The van der Waals surface area contributed by atoms with E-state index in [0.717, 1.165) is 16.0 Å². The lowest BCUT2D eigenvalue weighted by atomic mass is 9.92. The molecule has 3 N–H and O–H groups in total. The van der Waals surface area contributed by atoms with Crippen LogP contribution in [0.5, 0.6) is 0 Å². The summed E-state index contributed by atoms with van der Waals surface area (Å²) in [5.41, 5.74) is 0.754. The van der Waals surface area contributed by atoms with Crippen LogP contribution in [0.15, 0.2) is 48.5 Å². The largest absolute Gasteiger partial charge is 0.388 e. The van der Waals surface area contributed by atoms with Crippen molar-refractivity contribution in [1.29, 1.82) is 0 Å². The smallest absolute Gasteiger partial charge is 0.254 e. The van der Waals surface area contributed by atoms with Gasteiger partial charge >= 0.3 is 0 Å². The van der Waals surface area contributed by atoms with Crippen LogP contribution in [0.4, 0.5) is 0 Å². The molecule has 7 heteroatoms. The summed E-state index contributed by atoms with van der Waals surface area (Å²) in [7, 11) is 2.70. The van der Waals surface area contributed by atoms with Gasteiger partial charge in [0, 0.05) is 30.8 Å². The van der Waals surface area contributed by atoms with Crippen LogP contribution in [-0.2, 0) is 9.59 Å². The summed E-state index contributed by atoms with van der Waals surface area (Å²) < 4.78 is 0. The maximum Gasteiger partial charge on any atom is 0.254 e. The van der Waals surface area contributed by atoms with Crippen LogP contribution in [0.1, 0.15) is 53.4 Å². The van der Waals surface area contributed by atoms with Crippen molar-refractivity contribution in [3.63, 3.8) is 0 Å². The number of ketones is 1. The molecule has 0 saturated heterocycles. The molecular weight excluding hydrogens is 408 g/mol. The second-order valence-corrected chi connectivity index (χ2v) is 7.47. The number of likely N-dealkylation sites (N-methyl/N-ethyl adjacent to an activating group) is 2. The van der Waals surface area contributed by atoms with Gasteiger partial charge in [-0.25, -0.2) is 0 Å². The van der Waals surface area contributed by atoms with E-state index >= 15 is 0 Å². The fourth-order valence-electron chi connectivity index (χ4n) is 3.12. The highest BCUT2D eigenvalue weighted by atomic mass is 16.3. The van der Waals surface area contributed by atoms with Gasteiger partial charge in [0.2, 0.25) is 0 Å². The molecule has 0 aliphatic carbocycles. The van der Waals surface area contributed by atoms with Crippen LogP contribution < -0.4 is 5.32 Å². The molecule has 0 fully saturated rings. The fraction of sp³-hybridized carbons (Fsp3) is 0.320. The normalized spacial score (nSPS) is 13.2. The first kappa shape index (κ1) is 24.8. The maximum absolute atomic E-state index is 12.9. The molecule has 2 rings (SSSR count).